The second-order valence-electron chi connectivity index (χ2n) is 4.24. The van der Waals surface area contributed by atoms with Crippen molar-refractivity contribution in [2.75, 3.05) is 5.73 Å². The third-order valence-electron chi connectivity index (χ3n) is 3.01. The highest BCUT2D eigenvalue weighted by Crippen LogP contribution is 2.46. The van der Waals surface area contributed by atoms with E-state index >= 15 is 0 Å². The Hall–Kier alpha value is -2.23. The van der Waals surface area contributed by atoms with Gasteiger partial charge in [0.05, 0.1) is 5.69 Å². The van der Waals surface area contributed by atoms with Gasteiger partial charge in [-0.25, -0.2) is 8.78 Å². The van der Waals surface area contributed by atoms with Crippen LogP contribution in [0, 0.1) is 23.0 Å². The number of benzene rings is 1. The molecule has 21 heavy (non-hydrogen) atoms. The molecule has 0 amide bonds. The summed E-state index contributed by atoms with van der Waals surface area (Å²) < 4.78 is 27.5. The number of nitrogens with zero attached hydrogens (tertiary/aromatic N) is 1. The number of hydrogen-bond donors (Lipinski definition) is 1. The van der Waals surface area contributed by atoms with E-state index < -0.39 is 11.6 Å². The van der Waals surface area contributed by atoms with Crippen molar-refractivity contribution in [1.29, 1.82) is 5.26 Å². The zero-order chi connectivity index (χ0) is 15.0. The van der Waals surface area contributed by atoms with Crippen LogP contribution in [0.3, 0.4) is 0 Å². The summed E-state index contributed by atoms with van der Waals surface area (Å²) in [5.74, 6) is -1.85. The van der Waals surface area contributed by atoms with Crippen LogP contribution in [0.5, 0.6) is 0 Å². The van der Waals surface area contributed by atoms with Crippen LogP contribution in [0.15, 0.2) is 35.7 Å². The van der Waals surface area contributed by atoms with E-state index in [2.05, 4.69) is 0 Å². The minimum Gasteiger partial charge on any atom is -0.396 e. The predicted molar refractivity (Wildman–Crippen MR) is 82.1 cm³/mol. The molecule has 1 aromatic carbocycles. The summed E-state index contributed by atoms with van der Waals surface area (Å²) in [4.78, 5) is 1.60. The van der Waals surface area contributed by atoms with E-state index in [4.69, 9.17) is 11.0 Å². The maximum atomic E-state index is 14.1. The molecular formula is C15H8F2N2S2. The van der Waals surface area contributed by atoms with E-state index in [0.29, 0.717) is 21.0 Å². The lowest BCUT2D eigenvalue weighted by molar-refractivity contribution is 0.511. The molecule has 6 heteroatoms. The predicted octanol–water partition coefficient (Wildman–Crippen LogP) is 4.88. The van der Waals surface area contributed by atoms with E-state index in [0.717, 1.165) is 22.3 Å². The number of rotatable bonds is 2. The van der Waals surface area contributed by atoms with Crippen molar-refractivity contribution in [1.82, 2.24) is 0 Å². The van der Waals surface area contributed by atoms with Gasteiger partial charge in [0.2, 0.25) is 0 Å². The SMILES string of the molecule is N#Cc1sc(-c2cccc(F)c2F)c(-c2cccs2)c1N. The number of hydrogen-bond acceptors (Lipinski definition) is 4. The van der Waals surface area contributed by atoms with E-state index in [1.807, 2.05) is 23.6 Å². The number of thiophene rings is 2. The van der Waals surface area contributed by atoms with Crippen LogP contribution in [0.25, 0.3) is 20.9 Å². The lowest BCUT2D eigenvalue weighted by Crippen LogP contribution is -1.90. The highest BCUT2D eigenvalue weighted by atomic mass is 32.1. The van der Waals surface area contributed by atoms with Crippen LogP contribution in [-0.2, 0) is 0 Å². The smallest absolute Gasteiger partial charge is 0.167 e. The molecule has 2 nitrogen and oxygen atoms in total. The summed E-state index contributed by atoms with van der Waals surface area (Å²) >= 11 is 2.51. The van der Waals surface area contributed by atoms with Gasteiger partial charge in [0.1, 0.15) is 10.9 Å². The van der Waals surface area contributed by atoms with Crippen molar-refractivity contribution in [3.05, 3.63) is 52.2 Å². The van der Waals surface area contributed by atoms with Gasteiger partial charge in [0.15, 0.2) is 11.6 Å². The first-order chi connectivity index (χ1) is 10.1. The standard InChI is InChI=1S/C15H8F2N2S2/c16-9-4-1-3-8(13(9)17)15-12(10-5-2-6-20-10)14(19)11(7-18)21-15/h1-6H,19H2. The van der Waals surface area contributed by atoms with Gasteiger partial charge in [0, 0.05) is 20.9 Å². The number of anilines is 1. The molecule has 0 aliphatic heterocycles. The van der Waals surface area contributed by atoms with Gasteiger partial charge >= 0.3 is 0 Å². The Labute approximate surface area is 127 Å². The molecule has 2 heterocycles. The topological polar surface area (TPSA) is 49.8 Å². The lowest BCUT2D eigenvalue weighted by atomic mass is 10.1. The van der Waals surface area contributed by atoms with E-state index in [-0.39, 0.29) is 5.56 Å². The molecule has 104 valence electrons. The van der Waals surface area contributed by atoms with Crippen LogP contribution in [0.2, 0.25) is 0 Å². The normalized spacial score (nSPS) is 10.5. The van der Waals surface area contributed by atoms with E-state index in [1.165, 1.54) is 23.5 Å². The average molecular weight is 318 g/mol. The van der Waals surface area contributed by atoms with Crippen LogP contribution in [0.1, 0.15) is 4.88 Å². The van der Waals surface area contributed by atoms with Gasteiger partial charge in [-0.1, -0.05) is 18.2 Å². The van der Waals surface area contributed by atoms with E-state index in [1.54, 1.807) is 0 Å². The summed E-state index contributed by atoms with van der Waals surface area (Å²) in [5, 5.41) is 11.0. The van der Waals surface area contributed by atoms with Crippen LogP contribution in [0.4, 0.5) is 14.5 Å². The lowest BCUT2D eigenvalue weighted by Gasteiger charge is -2.05. The summed E-state index contributed by atoms with van der Waals surface area (Å²) in [5.41, 5.74) is 7.03. The van der Waals surface area contributed by atoms with Crippen molar-refractivity contribution in [2.45, 2.75) is 0 Å². The van der Waals surface area contributed by atoms with Gasteiger partial charge in [-0.05, 0) is 17.5 Å². The molecule has 3 aromatic rings. The molecule has 2 aromatic heterocycles. The Balaban J connectivity index is 2.33. The first-order valence-corrected chi connectivity index (χ1v) is 7.63. The molecule has 0 aliphatic carbocycles. The second-order valence-corrected chi connectivity index (χ2v) is 6.21. The van der Waals surface area contributed by atoms with Crippen molar-refractivity contribution < 1.29 is 8.78 Å². The van der Waals surface area contributed by atoms with Gasteiger partial charge in [-0.2, -0.15) is 5.26 Å². The molecule has 0 saturated carbocycles. The molecule has 0 aliphatic rings. The van der Waals surface area contributed by atoms with Crippen molar-refractivity contribution in [3.63, 3.8) is 0 Å². The summed E-state index contributed by atoms with van der Waals surface area (Å²) in [7, 11) is 0. The number of halogens is 2. The molecule has 0 atom stereocenters. The zero-order valence-corrected chi connectivity index (χ0v) is 12.2. The molecule has 0 bridgehead atoms. The quantitative estimate of drug-likeness (QED) is 0.732. The fraction of sp³-hybridized carbons (Fsp3) is 0. The summed E-state index contributed by atoms with van der Waals surface area (Å²) in [6.07, 6.45) is 0. The number of nitrogens with two attached hydrogens (primary N) is 1. The van der Waals surface area contributed by atoms with Gasteiger partial charge < -0.3 is 5.73 Å². The minimum atomic E-state index is -0.930. The Morgan fingerprint density at radius 3 is 2.62 bits per heavy atom. The Bertz CT molecular complexity index is 845. The third-order valence-corrected chi connectivity index (χ3v) is 5.04. The molecule has 2 N–H and O–H groups in total. The highest BCUT2D eigenvalue weighted by Gasteiger charge is 2.22. The maximum Gasteiger partial charge on any atom is 0.167 e. The van der Waals surface area contributed by atoms with E-state index in [9.17, 15) is 8.78 Å². The average Bonchev–Trinajstić information content (AvgIpc) is 3.09. The minimum absolute atomic E-state index is 0.122. The molecule has 0 unspecified atom stereocenters. The molecular weight excluding hydrogens is 310 g/mol. The summed E-state index contributed by atoms with van der Waals surface area (Å²) in [6.45, 7) is 0. The third kappa shape index (κ3) is 2.20. The van der Waals surface area contributed by atoms with Gasteiger partial charge in [-0.3, -0.25) is 0 Å². The fourth-order valence-corrected chi connectivity index (χ4v) is 3.97. The Morgan fingerprint density at radius 1 is 1.14 bits per heavy atom. The molecule has 0 radical (unpaired) electrons. The summed E-state index contributed by atoms with van der Waals surface area (Å²) in [6, 6.07) is 9.67. The largest absolute Gasteiger partial charge is 0.396 e. The van der Waals surface area contributed by atoms with Gasteiger partial charge in [0.25, 0.3) is 0 Å². The first kappa shape index (κ1) is 13.7. The number of nitriles is 1. The highest BCUT2D eigenvalue weighted by molar-refractivity contribution is 7.18. The van der Waals surface area contributed by atoms with Crippen LogP contribution >= 0.6 is 22.7 Å². The number of nitrogen functional groups attached to an aromatic ring is 1. The van der Waals surface area contributed by atoms with Crippen LogP contribution < -0.4 is 5.73 Å². The maximum absolute atomic E-state index is 14.1. The van der Waals surface area contributed by atoms with Crippen molar-refractivity contribution >= 4 is 28.4 Å². The van der Waals surface area contributed by atoms with Gasteiger partial charge in [-0.15, -0.1) is 22.7 Å². The van der Waals surface area contributed by atoms with Crippen molar-refractivity contribution in [2.24, 2.45) is 0 Å². The fourth-order valence-electron chi connectivity index (χ4n) is 2.06. The van der Waals surface area contributed by atoms with Crippen molar-refractivity contribution in [3.8, 4) is 27.0 Å². The molecule has 0 spiro atoms. The zero-order valence-electron chi connectivity index (χ0n) is 10.6. The Morgan fingerprint density at radius 2 is 1.95 bits per heavy atom. The molecule has 3 rings (SSSR count). The Kier molecular flexibility index (Phi) is 3.45. The van der Waals surface area contributed by atoms with Crippen LogP contribution in [-0.4, -0.2) is 0 Å². The molecule has 0 fully saturated rings. The molecule has 0 saturated heterocycles. The monoisotopic (exact) mass is 318 g/mol. The second kappa shape index (κ2) is 5.28. The first-order valence-electron chi connectivity index (χ1n) is 5.94.